The third kappa shape index (κ3) is 5.94. The Morgan fingerprint density at radius 2 is 2.50 bits per heavy atom. The average Bonchev–Trinajstić information content (AvgIpc) is 1.81. The molecule has 0 radical (unpaired) electrons. The molecule has 8 heavy (non-hydrogen) atoms. The number of hydrogen-bond acceptors (Lipinski definition) is 2. The van der Waals surface area contributed by atoms with Crippen LogP contribution in [0.5, 0.6) is 0 Å². The second kappa shape index (κ2) is 6.94. The van der Waals surface area contributed by atoms with Crippen LogP contribution in [0.1, 0.15) is 0 Å². The molecule has 0 unspecified atom stereocenters. The van der Waals surface area contributed by atoms with E-state index in [4.69, 9.17) is 0 Å². The first-order valence-electron chi connectivity index (χ1n) is 2.19. The summed E-state index contributed by atoms with van der Waals surface area (Å²) < 4.78 is 1.88. The Morgan fingerprint density at radius 1 is 1.75 bits per heavy atom. The van der Waals surface area contributed by atoms with E-state index in [-0.39, 0.29) is 20.7 Å². The van der Waals surface area contributed by atoms with Gasteiger partial charge in [-0.1, -0.05) is 6.08 Å². The van der Waals surface area contributed by atoms with E-state index in [1.165, 1.54) is 0 Å². The molecule has 3 heteroatoms. The first-order chi connectivity index (χ1) is 3.91. The lowest BCUT2D eigenvalue weighted by Gasteiger charge is -1.73. The molecule has 2 nitrogen and oxygen atoms in total. The van der Waals surface area contributed by atoms with Gasteiger partial charge in [0.2, 0.25) is 0 Å². The standard InChI is InChI=1S/C5H9IN2/c1-3-4-7-8-5-6-2/h3,5H,1,4H2,2H3. The highest BCUT2D eigenvalue weighted by Crippen LogP contribution is 1.82. The van der Waals surface area contributed by atoms with Crippen LogP contribution in [0.25, 0.3) is 0 Å². The molecule has 0 aromatic carbocycles. The molecule has 0 fully saturated rings. The number of alkyl halides is 1. The van der Waals surface area contributed by atoms with Crippen molar-refractivity contribution in [1.82, 2.24) is 0 Å². The van der Waals surface area contributed by atoms with Gasteiger partial charge < -0.3 is 0 Å². The molecular weight excluding hydrogens is 215 g/mol. The molecule has 0 aromatic heterocycles. The van der Waals surface area contributed by atoms with Crippen molar-refractivity contribution < 1.29 is 0 Å². The first kappa shape index (κ1) is 7.94. The van der Waals surface area contributed by atoms with Crippen LogP contribution in [0, 0.1) is 0 Å². The van der Waals surface area contributed by atoms with Crippen LogP contribution in [0.15, 0.2) is 22.9 Å². The lowest BCUT2D eigenvalue weighted by atomic mass is 10.7. The normalized spacial score (nSPS) is 12.1. The second-order valence-electron chi connectivity index (χ2n) is 1.04. The van der Waals surface area contributed by atoms with Gasteiger partial charge in [-0.15, -0.1) is 27.3 Å². The predicted molar refractivity (Wildman–Crippen MR) is 45.9 cm³/mol. The summed E-state index contributed by atoms with van der Waals surface area (Å²) in [6.07, 6.45) is 1.73. The van der Waals surface area contributed by atoms with Gasteiger partial charge in [-0.3, -0.25) is 0 Å². The van der Waals surface area contributed by atoms with Gasteiger partial charge in [0.05, 0.1) is 10.7 Å². The average molecular weight is 224 g/mol. The largest absolute Gasteiger partial charge is 0.185 e. The quantitative estimate of drug-likeness (QED) is 0.303. The summed E-state index contributed by atoms with van der Waals surface area (Å²) in [7, 11) is 0. The van der Waals surface area contributed by atoms with E-state index in [2.05, 4.69) is 21.7 Å². The van der Waals surface area contributed by atoms with E-state index >= 15 is 0 Å². The Bertz CT molecular complexity index is 107. The van der Waals surface area contributed by atoms with Gasteiger partial charge in [-0.25, -0.2) is 0 Å². The molecule has 0 aliphatic rings. The lowest BCUT2D eigenvalue weighted by Crippen LogP contribution is -1.64. The number of nitrogens with zero attached hydrogens (tertiary/aromatic N) is 2. The highest BCUT2D eigenvalue weighted by molar-refractivity contribution is 14.2. The molecule has 0 amide bonds. The van der Waals surface area contributed by atoms with Crippen LogP contribution in [0.4, 0.5) is 0 Å². The van der Waals surface area contributed by atoms with Crippen molar-refractivity contribution >= 4 is 24.9 Å². The summed E-state index contributed by atoms with van der Waals surface area (Å²) in [4.78, 5) is 2.13. The maximum absolute atomic E-state index is 3.76. The van der Waals surface area contributed by atoms with E-state index in [0.717, 1.165) is 0 Å². The van der Waals surface area contributed by atoms with E-state index in [0.29, 0.717) is 6.54 Å². The molecule has 0 aliphatic heterocycles. The van der Waals surface area contributed by atoms with Gasteiger partial charge >= 0.3 is 0 Å². The molecule has 0 heterocycles. The number of hydrogen-bond donors (Lipinski definition) is 0. The number of halogens is 1. The fraction of sp³-hybridized carbons (Fsp3) is 0.400. The lowest BCUT2D eigenvalue weighted by molar-refractivity contribution is 1.11. The first-order valence-corrected chi connectivity index (χ1v) is 5.59. The van der Waals surface area contributed by atoms with Crippen molar-refractivity contribution in [3.05, 3.63) is 12.7 Å². The Balaban J connectivity index is 3.19. The molecule has 0 spiro atoms. The van der Waals surface area contributed by atoms with Crippen molar-refractivity contribution in [2.24, 2.45) is 10.2 Å². The molecule has 0 aliphatic carbocycles. The summed E-state index contributed by atoms with van der Waals surface area (Å²) in [6.45, 7) is 4.14. The zero-order valence-corrected chi connectivity index (χ0v) is 7.00. The molecular formula is C5H9IN2. The SMILES string of the molecule is C=CCN=NC=IC. The van der Waals surface area contributed by atoms with Crippen molar-refractivity contribution in [2.75, 3.05) is 11.5 Å². The summed E-state index contributed by atoms with van der Waals surface area (Å²) in [6, 6.07) is 0. The van der Waals surface area contributed by atoms with Crippen molar-refractivity contribution in [1.29, 1.82) is 0 Å². The van der Waals surface area contributed by atoms with Gasteiger partial charge in [0.25, 0.3) is 0 Å². The third-order valence-corrected chi connectivity index (χ3v) is 1.24. The Hall–Kier alpha value is -0.0600. The maximum atomic E-state index is 3.76. The highest BCUT2D eigenvalue weighted by atomic mass is 127. The van der Waals surface area contributed by atoms with E-state index < -0.39 is 0 Å². The topological polar surface area (TPSA) is 24.7 Å². The number of azo groups is 1. The van der Waals surface area contributed by atoms with Crippen LogP contribution in [-0.2, 0) is 0 Å². The molecule has 0 rings (SSSR count). The smallest absolute Gasteiger partial charge is 0.0781 e. The number of rotatable bonds is 3. The van der Waals surface area contributed by atoms with Crippen molar-refractivity contribution in [3.63, 3.8) is 0 Å². The van der Waals surface area contributed by atoms with Gasteiger partial charge in [0.1, 0.15) is 0 Å². The van der Waals surface area contributed by atoms with Crippen LogP contribution < -0.4 is 0 Å². The van der Waals surface area contributed by atoms with Crippen molar-refractivity contribution in [2.45, 2.75) is 0 Å². The van der Waals surface area contributed by atoms with Crippen LogP contribution >= 0.6 is 20.7 Å². The third-order valence-electron chi connectivity index (χ3n) is 0.434. The monoisotopic (exact) mass is 224 g/mol. The summed E-state index contributed by atoms with van der Waals surface area (Å²) in [5.74, 6) is 0. The summed E-state index contributed by atoms with van der Waals surface area (Å²) in [5.41, 5.74) is 0. The fourth-order valence-electron chi connectivity index (χ4n) is 0.179. The van der Waals surface area contributed by atoms with E-state index in [1.807, 2.05) is 4.14 Å². The summed E-state index contributed by atoms with van der Waals surface area (Å²) >= 11 is 0.170. The van der Waals surface area contributed by atoms with Crippen LogP contribution in [0.3, 0.4) is 0 Å². The Kier molecular flexibility index (Phi) is 6.89. The zero-order chi connectivity index (χ0) is 6.24. The maximum Gasteiger partial charge on any atom is 0.0781 e. The minimum Gasteiger partial charge on any atom is -0.185 e. The fourth-order valence-corrected chi connectivity index (χ4v) is 0.605. The second-order valence-corrected chi connectivity index (χ2v) is 2.85. The van der Waals surface area contributed by atoms with Gasteiger partial charge in [0, 0.05) is 0 Å². The molecule has 46 valence electrons. The molecule has 0 saturated heterocycles. The van der Waals surface area contributed by atoms with Gasteiger partial charge in [-0.05, 0) is 4.93 Å². The molecule has 0 bridgehead atoms. The van der Waals surface area contributed by atoms with Crippen molar-refractivity contribution in [3.8, 4) is 0 Å². The zero-order valence-electron chi connectivity index (χ0n) is 4.84. The molecule has 0 atom stereocenters. The molecule has 0 aromatic rings. The molecule has 0 N–H and O–H groups in total. The molecule has 0 saturated carbocycles. The van der Waals surface area contributed by atoms with Gasteiger partial charge in [0.15, 0.2) is 0 Å². The minimum atomic E-state index is 0.170. The van der Waals surface area contributed by atoms with E-state index in [1.54, 1.807) is 6.08 Å². The Labute approximate surface area is 59.5 Å². The summed E-state index contributed by atoms with van der Waals surface area (Å²) in [5, 5.41) is 7.52. The Morgan fingerprint density at radius 3 is 3.00 bits per heavy atom. The highest BCUT2D eigenvalue weighted by Gasteiger charge is 1.62. The van der Waals surface area contributed by atoms with Crippen LogP contribution in [-0.4, -0.2) is 15.6 Å². The predicted octanol–water partition coefficient (Wildman–Crippen LogP) is 1.98. The minimum absolute atomic E-state index is 0.170. The van der Waals surface area contributed by atoms with Gasteiger partial charge in [-0.2, -0.15) is 10.2 Å². The van der Waals surface area contributed by atoms with Crippen LogP contribution in [0.2, 0.25) is 0 Å². The van der Waals surface area contributed by atoms with E-state index in [9.17, 15) is 0 Å².